The van der Waals surface area contributed by atoms with Crippen molar-refractivity contribution in [3.05, 3.63) is 22.4 Å². The number of aryl methyl sites for hydroxylation is 1. The van der Waals surface area contributed by atoms with E-state index >= 15 is 0 Å². The Morgan fingerprint density at radius 2 is 2.50 bits per heavy atom. The molecule has 4 nitrogen and oxygen atoms in total. The van der Waals surface area contributed by atoms with Crippen molar-refractivity contribution in [2.24, 2.45) is 12.8 Å². The van der Waals surface area contributed by atoms with Gasteiger partial charge >= 0.3 is 0 Å². The number of hydrogen-bond acceptors (Lipinski definition) is 2. The molecule has 2 N–H and O–H groups in total. The summed E-state index contributed by atoms with van der Waals surface area (Å²) in [5.41, 5.74) is 5.61. The number of carbonyl (C=O) groups excluding carboxylic acids is 1. The molecule has 0 aromatic carbocycles. The zero-order valence-electron chi connectivity index (χ0n) is 6.49. The summed E-state index contributed by atoms with van der Waals surface area (Å²) in [5, 5.41) is 4.06. The van der Waals surface area contributed by atoms with E-state index < -0.39 is 5.91 Å². The number of amides is 1. The van der Waals surface area contributed by atoms with Crippen molar-refractivity contribution < 1.29 is 4.79 Å². The molecule has 1 amide bonds. The molecule has 0 bridgehead atoms. The van der Waals surface area contributed by atoms with E-state index in [1.165, 1.54) is 6.08 Å². The molecule has 0 aliphatic rings. The highest BCUT2D eigenvalue weighted by molar-refractivity contribution is 9.10. The van der Waals surface area contributed by atoms with E-state index in [1.807, 2.05) is 0 Å². The maximum absolute atomic E-state index is 10.4. The second kappa shape index (κ2) is 3.53. The molecule has 1 aromatic rings. The Bertz CT molecular complexity index is 329. The molecule has 0 spiro atoms. The standard InChI is InChI=1S/C7H8BrN3O/c1-11-4-5(8)6(10-11)2-3-7(9)12/h2-4H,1H3,(H2,9,12)/b3-2+. The van der Waals surface area contributed by atoms with Crippen LogP contribution in [0.2, 0.25) is 0 Å². The minimum atomic E-state index is -0.479. The van der Waals surface area contributed by atoms with Gasteiger partial charge in [0.1, 0.15) is 0 Å². The summed E-state index contributed by atoms with van der Waals surface area (Å²) in [7, 11) is 1.80. The third kappa shape index (κ3) is 2.20. The molecule has 5 heteroatoms. The highest BCUT2D eigenvalue weighted by atomic mass is 79.9. The van der Waals surface area contributed by atoms with Gasteiger partial charge in [-0.05, 0) is 22.0 Å². The van der Waals surface area contributed by atoms with Crippen molar-refractivity contribution in [3.63, 3.8) is 0 Å². The number of halogens is 1. The predicted molar refractivity (Wildman–Crippen MR) is 49.1 cm³/mol. The Hall–Kier alpha value is -1.10. The van der Waals surface area contributed by atoms with Crippen LogP contribution in [-0.2, 0) is 11.8 Å². The molecule has 0 aliphatic heterocycles. The minimum Gasteiger partial charge on any atom is -0.366 e. The van der Waals surface area contributed by atoms with Gasteiger partial charge in [-0.25, -0.2) is 0 Å². The predicted octanol–water partition coefficient (Wildman–Crippen LogP) is 0.681. The van der Waals surface area contributed by atoms with Crippen LogP contribution in [0.5, 0.6) is 0 Å². The zero-order valence-corrected chi connectivity index (χ0v) is 8.08. The molecule has 0 radical (unpaired) electrons. The van der Waals surface area contributed by atoms with Gasteiger partial charge in [0.05, 0.1) is 10.2 Å². The molecule has 0 unspecified atom stereocenters. The molecule has 0 saturated carbocycles. The van der Waals surface area contributed by atoms with Gasteiger partial charge in [0.25, 0.3) is 0 Å². The smallest absolute Gasteiger partial charge is 0.241 e. The average Bonchev–Trinajstić information content (AvgIpc) is 2.26. The van der Waals surface area contributed by atoms with Crippen LogP contribution in [0.4, 0.5) is 0 Å². The third-order valence-corrected chi connectivity index (χ3v) is 1.83. The molecule has 12 heavy (non-hydrogen) atoms. The van der Waals surface area contributed by atoms with Gasteiger partial charge in [-0.1, -0.05) is 0 Å². The maximum atomic E-state index is 10.4. The Kier molecular flexibility index (Phi) is 2.65. The summed E-state index contributed by atoms with van der Waals surface area (Å²) in [6.07, 6.45) is 4.63. The van der Waals surface area contributed by atoms with E-state index in [1.54, 1.807) is 24.0 Å². The van der Waals surface area contributed by atoms with Crippen LogP contribution in [0.15, 0.2) is 16.7 Å². The van der Waals surface area contributed by atoms with Gasteiger partial charge in [0, 0.05) is 19.3 Å². The lowest BCUT2D eigenvalue weighted by Gasteiger charge is -1.84. The fourth-order valence-electron chi connectivity index (χ4n) is 0.751. The fraction of sp³-hybridized carbons (Fsp3) is 0.143. The van der Waals surface area contributed by atoms with Crippen molar-refractivity contribution >= 4 is 27.9 Å². The summed E-state index contributed by atoms with van der Waals surface area (Å²) < 4.78 is 2.48. The van der Waals surface area contributed by atoms with Crippen LogP contribution in [-0.4, -0.2) is 15.7 Å². The van der Waals surface area contributed by atoms with Crippen LogP contribution < -0.4 is 5.73 Å². The molecule has 0 saturated heterocycles. The second-order valence-electron chi connectivity index (χ2n) is 2.27. The number of rotatable bonds is 2. The third-order valence-electron chi connectivity index (χ3n) is 1.22. The number of primary amides is 1. The summed E-state index contributed by atoms with van der Waals surface area (Å²) in [6, 6.07) is 0. The number of nitrogens with two attached hydrogens (primary N) is 1. The molecule has 0 fully saturated rings. The van der Waals surface area contributed by atoms with Crippen LogP contribution in [0.3, 0.4) is 0 Å². The number of nitrogens with zero attached hydrogens (tertiary/aromatic N) is 2. The van der Waals surface area contributed by atoms with Crippen molar-refractivity contribution in [2.45, 2.75) is 0 Å². The molecule has 1 heterocycles. The van der Waals surface area contributed by atoms with Gasteiger partial charge < -0.3 is 5.73 Å². The summed E-state index contributed by atoms with van der Waals surface area (Å²) in [5.74, 6) is -0.479. The van der Waals surface area contributed by atoms with E-state index in [2.05, 4.69) is 21.0 Å². The largest absolute Gasteiger partial charge is 0.366 e. The topological polar surface area (TPSA) is 60.9 Å². The fourth-order valence-corrected chi connectivity index (χ4v) is 1.26. The quantitative estimate of drug-likeness (QED) is 0.759. The van der Waals surface area contributed by atoms with Crippen molar-refractivity contribution in [1.82, 2.24) is 9.78 Å². The van der Waals surface area contributed by atoms with Gasteiger partial charge in [-0.15, -0.1) is 0 Å². The number of hydrogen-bond donors (Lipinski definition) is 1. The van der Waals surface area contributed by atoms with Crippen LogP contribution in [0, 0.1) is 0 Å². The summed E-state index contributed by atoms with van der Waals surface area (Å²) in [6.45, 7) is 0. The molecule has 64 valence electrons. The summed E-state index contributed by atoms with van der Waals surface area (Å²) >= 11 is 3.28. The first-order valence-corrected chi connectivity index (χ1v) is 4.05. The lowest BCUT2D eigenvalue weighted by molar-refractivity contribution is -0.113. The van der Waals surface area contributed by atoms with E-state index in [0.717, 1.165) is 4.47 Å². The van der Waals surface area contributed by atoms with Crippen LogP contribution >= 0.6 is 15.9 Å². The molecule has 1 rings (SSSR count). The van der Waals surface area contributed by atoms with Gasteiger partial charge in [-0.3, -0.25) is 9.48 Å². The average molecular weight is 230 g/mol. The van der Waals surface area contributed by atoms with Gasteiger partial charge in [0.2, 0.25) is 5.91 Å². The highest BCUT2D eigenvalue weighted by Crippen LogP contribution is 2.14. The van der Waals surface area contributed by atoms with E-state index in [-0.39, 0.29) is 0 Å². The summed E-state index contributed by atoms with van der Waals surface area (Å²) in [4.78, 5) is 10.4. The first-order valence-electron chi connectivity index (χ1n) is 3.26. The second-order valence-corrected chi connectivity index (χ2v) is 3.13. The van der Waals surface area contributed by atoms with E-state index in [9.17, 15) is 4.79 Å². The Balaban J connectivity index is 2.89. The van der Waals surface area contributed by atoms with Crippen molar-refractivity contribution in [3.8, 4) is 0 Å². The van der Waals surface area contributed by atoms with Crippen LogP contribution in [0.1, 0.15) is 5.69 Å². The van der Waals surface area contributed by atoms with E-state index in [4.69, 9.17) is 5.73 Å². The Morgan fingerprint density at radius 3 is 2.92 bits per heavy atom. The van der Waals surface area contributed by atoms with Crippen LogP contribution in [0.25, 0.3) is 6.08 Å². The molecule has 0 atom stereocenters. The number of carbonyl (C=O) groups is 1. The molecule has 0 aliphatic carbocycles. The molecular formula is C7H8BrN3O. The lowest BCUT2D eigenvalue weighted by Crippen LogP contribution is -2.05. The lowest BCUT2D eigenvalue weighted by atomic mass is 10.4. The maximum Gasteiger partial charge on any atom is 0.241 e. The van der Waals surface area contributed by atoms with Crippen molar-refractivity contribution in [2.75, 3.05) is 0 Å². The van der Waals surface area contributed by atoms with Gasteiger partial charge in [-0.2, -0.15) is 5.10 Å². The normalized spacial score (nSPS) is 10.8. The van der Waals surface area contributed by atoms with Gasteiger partial charge in [0.15, 0.2) is 0 Å². The first kappa shape index (κ1) is 8.99. The Morgan fingerprint density at radius 1 is 1.83 bits per heavy atom. The minimum absolute atomic E-state index is 0.479. The Labute approximate surface area is 78.2 Å². The SMILES string of the molecule is Cn1cc(Br)c(/C=C/C(N)=O)n1. The monoisotopic (exact) mass is 229 g/mol. The molecule has 1 aromatic heterocycles. The van der Waals surface area contributed by atoms with E-state index in [0.29, 0.717) is 5.69 Å². The first-order chi connectivity index (χ1) is 5.59. The van der Waals surface area contributed by atoms with Crippen molar-refractivity contribution in [1.29, 1.82) is 0 Å². The zero-order chi connectivity index (χ0) is 9.14. The molecular weight excluding hydrogens is 222 g/mol. The highest BCUT2D eigenvalue weighted by Gasteiger charge is 1.99. The number of aromatic nitrogens is 2.